The van der Waals surface area contributed by atoms with E-state index in [1.54, 1.807) is 17.0 Å². The summed E-state index contributed by atoms with van der Waals surface area (Å²) in [4.78, 5) is 14.5. The van der Waals surface area contributed by atoms with Gasteiger partial charge in [-0.1, -0.05) is 18.2 Å². The van der Waals surface area contributed by atoms with Gasteiger partial charge in [0.15, 0.2) is 0 Å². The van der Waals surface area contributed by atoms with Crippen LogP contribution in [-0.2, 0) is 4.79 Å². The van der Waals surface area contributed by atoms with E-state index in [2.05, 4.69) is 28.3 Å². The summed E-state index contributed by atoms with van der Waals surface area (Å²) in [6, 6.07) is 14.1. The number of benzene rings is 2. The molecule has 2 aliphatic heterocycles. The number of anilines is 2. The van der Waals surface area contributed by atoms with E-state index in [1.807, 2.05) is 12.1 Å². The van der Waals surface area contributed by atoms with Gasteiger partial charge in [-0.2, -0.15) is 0 Å². The maximum absolute atomic E-state index is 13.3. The molecule has 25 heavy (non-hydrogen) atoms. The van der Waals surface area contributed by atoms with Gasteiger partial charge in [0.2, 0.25) is 5.91 Å². The standard InChI is InChI=1S/C19H21FN4O/c20-15-2-1-3-16(10-15)23-18-8-9-24(19(18)25)17-6-4-13(5-7-17)14-11-21-22-12-14/h1-7,10,14,18,21-23H,8-9,11-12H2. The predicted octanol–water partition coefficient (Wildman–Crippen LogP) is 2.23. The molecule has 0 aliphatic carbocycles. The fourth-order valence-corrected chi connectivity index (χ4v) is 3.47. The van der Waals surface area contributed by atoms with Crippen molar-refractivity contribution < 1.29 is 9.18 Å². The fraction of sp³-hybridized carbons (Fsp3) is 0.316. The molecular formula is C19H21FN4O. The molecule has 0 spiro atoms. The first-order valence-electron chi connectivity index (χ1n) is 8.60. The number of nitrogens with one attached hydrogen (secondary N) is 3. The Morgan fingerprint density at radius 1 is 1.08 bits per heavy atom. The Balaban J connectivity index is 1.44. The van der Waals surface area contributed by atoms with Crippen LogP contribution in [0, 0.1) is 5.82 Å². The number of hydrogen-bond donors (Lipinski definition) is 3. The Kier molecular flexibility index (Phi) is 4.38. The minimum Gasteiger partial charge on any atom is -0.374 e. The smallest absolute Gasteiger partial charge is 0.249 e. The number of nitrogens with zero attached hydrogens (tertiary/aromatic N) is 1. The molecular weight excluding hydrogens is 319 g/mol. The second-order valence-electron chi connectivity index (χ2n) is 6.54. The molecule has 5 nitrogen and oxygen atoms in total. The normalized spacial score (nSPS) is 21.1. The monoisotopic (exact) mass is 340 g/mol. The van der Waals surface area contributed by atoms with E-state index in [-0.39, 0.29) is 17.8 Å². The highest BCUT2D eigenvalue weighted by Gasteiger charge is 2.32. The molecule has 3 N–H and O–H groups in total. The zero-order valence-corrected chi connectivity index (χ0v) is 13.8. The highest BCUT2D eigenvalue weighted by atomic mass is 19.1. The minimum absolute atomic E-state index is 0.0289. The van der Waals surface area contributed by atoms with Crippen molar-refractivity contribution in [3.8, 4) is 0 Å². The molecule has 0 radical (unpaired) electrons. The summed E-state index contributed by atoms with van der Waals surface area (Å²) >= 11 is 0. The molecule has 0 saturated carbocycles. The molecule has 0 aromatic heterocycles. The van der Waals surface area contributed by atoms with Gasteiger partial charge >= 0.3 is 0 Å². The van der Waals surface area contributed by atoms with Crippen molar-refractivity contribution in [3.63, 3.8) is 0 Å². The quantitative estimate of drug-likeness (QED) is 0.799. The summed E-state index contributed by atoms with van der Waals surface area (Å²) in [6.45, 7) is 2.50. The van der Waals surface area contributed by atoms with Gasteiger partial charge in [0.05, 0.1) is 0 Å². The molecule has 6 heteroatoms. The van der Waals surface area contributed by atoms with Gasteiger partial charge in [0.25, 0.3) is 0 Å². The molecule has 1 atom stereocenters. The molecule has 2 aromatic carbocycles. The van der Waals surface area contributed by atoms with Gasteiger partial charge in [-0.15, -0.1) is 0 Å². The van der Waals surface area contributed by atoms with E-state index < -0.39 is 0 Å². The van der Waals surface area contributed by atoms with Gasteiger partial charge in [-0.25, -0.2) is 4.39 Å². The summed E-state index contributed by atoms with van der Waals surface area (Å²) in [7, 11) is 0. The van der Waals surface area contributed by atoms with Crippen LogP contribution in [0.2, 0.25) is 0 Å². The number of amides is 1. The van der Waals surface area contributed by atoms with Crippen LogP contribution in [0.3, 0.4) is 0 Å². The van der Waals surface area contributed by atoms with Crippen LogP contribution in [0.4, 0.5) is 15.8 Å². The largest absolute Gasteiger partial charge is 0.374 e. The topological polar surface area (TPSA) is 56.4 Å². The third-order valence-corrected chi connectivity index (χ3v) is 4.87. The number of rotatable bonds is 4. The van der Waals surface area contributed by atoms with Crippen LogP contribution >= 0.6 is 0 Å². The lowest BCUT2D eigenvalue weighted by atomic mass is 10.00. The van der Waals surface area contributed by atoms with E-state index in [1.165, 1.54) is 17.7 Å². The second kappa shape index (κ2) is 6.82. The van der Waals surface area contributed by atoms with Crippen LogP contribution in [0.25, 0.3) is 0 Å². The van der Waals surface area contributed by atoms with Gasteiger partial charge in [0, 0.05) is 36.9 Å². The molecule has 0 bridgehead atoms. The second-order valence-corrected chi connectivity index (χ2v) is 6.54. The molecule has 130 valence electrons. The van der Waals surface area contributed by atoms with E-state index in [9.17, 15) is 9.18 Å². The van der Waals surface area contributed by atoms with Crippen LogP contribution in [-0.4, -0.2) is 31.6 Å². The maximum atomic E-state index is 13.3. The SMILES string of the molecule is O=C1C(Nc2cccc(F)c2)CCN1c1ccc(C2CNNC2)cc1. The molecule has 2 heterocycles. The van der Waals surface area contributed by atoms with Crippen molar-refractivity contribution in [1.82, 2.24) is 10.9 Å². The lowest BCUT2D eigenvalue weighted by Crippen LogP contribution is -2.33. The van der Waals surface area contributed by atoms with Crippen LogP contribution in [0.15, 0.2) is 48.5 Å². The van der Waals surface area contributed by atoms with Crippen molar-refractivity contribution in [1.29, 1.82) is 0 Å². The minimum atomic E-state index is -0.315. The summed E-state index contributed by atoms with van der Waals surface area (Å²) in [5.74, 6) is 0.186. The summed E-state index contributed by atoms with van der Waals surface area (Å²) < 4.78 is 13.3. The number of hydrogen-bond acceptors (Lipinski definition) is 4. The third kappa shape index (κ3) is 3.36. The maximum Gasteiger partial charge on any atom is 0.249 e. The molecule has 2 saturated heterocycles. The molecule has 1 unspecified atom stereocenters. The molecule has 2 fully saturated rings. The number of carbonyl (C=O) groups is 1. The van der Waals surface area contributed by atoms with E-state index in [0.29, 0.717) is 24.6 Å². The lowest BCUT2D eigenvalue weighted by Gasteiger charge is -2.19. The Labute approximate surface area is 146 Å². The molecule has 2 aliphatic rings. The Bertz CT molecular complexity index is 758. The van der Waals surface area contributed by atoms with Crippen molar-refractivity contribution in [2.24, 2.45) is 0 Å². The summed E-state index contributed by atoms with van der Waals surface area (Å²) in [5.41, 5.74) is 9.08. The van der Waals surface area contributed by atoms with E-state index in [0.717, 1.165) is 18.8 Å². The highest BCUT2D eigenvalue weighted by molar-refractivity contribution is 6.01. The van der Waals surface area contributed by atoms with Crippen molar-refractivity contribution >= 4 is 17.3 Å². The zero-order chi connectivity index (χ0) is 17.2. The highest BCUT2D eigenvalue weighted by Crippen LogP contribution is 2.26. The van der Waals surface area contributed by atoms with Crippen molar-refractivity contribution in [2.75, 3.05) is 29.9 Å². The number of hydrazine groups is 1. The van der Waals surface area contributed by atoms with Gasteiger partial charge in [-0.3, -0.25) is 15.6 Å². The first kappa shape index (κ1) is 16.1. The van der Waals surface area contributed by atoms with Gasteiger partial charge in [-0.05, 0) is 42.3 Å². The fourth-order valence-electron chi connectivity index (χ4n) is 3.47. The average Bonchev–Trinajstić information content (AvgIpc) is 3.27. The van der Waals surface area contributed by atoms with Gasteiger partial charge < -0.3 is 10.2 Å². The zero-order valence-electron chi connectivity index (χ0n) is 13.8. The Morgan fingerprint density at radius 3 is 2.56 bits per heavy atom. The van der Waals surface area contributed by atoms with Crippen LogP contribution in [0.5, 0.6) is 0 Å². The number of halogens is 1. The molecule has 4 rings (SSSR count). The summed E-state index contributed by atoms with van der Waals surface area (Å²) in [6.07, 6.45) is 0.702. The first-order valence-corrected chi connectivity index (χ1v) is 8.60. The van der Waals surface area contributed by atoms with Crippen LogP contribution < -0.4 is 21.1 Å². The van der Waals surface area contributed by atoms with Crippen LogP contribution in [0.1, 0.15) is 17.9 Å². The average molecular weight is 340 g/mol. The van der Waals surface area contributed by atoms with E-state index in [4.69, 9.17) is 0 Å². The Morgan fingerprint density at radius 2 is 1.84 bits per heavy atom. The molecule has 2 aromatic rings. The number of carbonyl (C=O) groups excluding carboxylic acids is 1. The molecule has 1 amide bonds. The Hall–Kier alpha value is -2.44. The summed E-state index contributed by atoms with van der Waals surface area (Å²) in [5, 5.41) is 3.14. The predicted molar refractivity (Wildman–Crippen MR) is 96.0 cm³/mol. The lowest BCUT2D eigenvalue weighted by molar-refractivity contribution is -0.117. The van der Waals surface area contributed by atoms with E-state index >= 15 is 0 Å². The van der Waals surface area contributed by atoms with Gasteiger partial charge in [0.1, 0.15) is 11.9 Å². The van der Waals surface area contributed by atoms with Crippen molar-refractivity contribution in [3.05, 3.63) is 59.9 Å². The first-order chi connectivity index (χ1) is 12.2. The third-order valence-electron chi connectivity index (χ3n) is 4.87. The van der Waals surface area contributed by atoms with Crippen molar-refractivity contribution in [2.45, 2.75) is 18.4 Å².